The predicted molar refractivity (Wildman–Crippen MR) is 74.1 cm³/mol. The van der Waals surface area contributed by atoms with E-state index < -0.39 is 17.0 Å². The first-order valence-corrected chi connectivity index (χ1v) is 7.46. The van der Waals surface area contributed by atoms with Gasteiger partial charge in [0, 0.05) is 11.4 Å². The lowest BCUT2D eigenvalue weighted by atomic mass is 10.0. The summed E-state index contributed by atoms with van der Waals surface area (Å²) < 4.78 is 37.4. The van der Waals surface area contributed by atoms with E-state index in [1.807, 2.05) is 0 Å². The monoisotopic (exact) mass is 319 g/mol. The van der Waals surface area contributed by atoms with E-state index in [0.717, 1.165) is 12.8 Å². The summed E-state index contributed by atoms with van der Waals surface area (Å²) in [6.45, 7) is 0.0663. The molecule has 2 rings (SSSR count). The maximum atomic E-state index is 12.5. The average molecular weight is 319 g/mol. The van der Waals surface area contributed by atoms with Gasteiger partial charge in [-0.05, 0) is 36.7 Å². The van der Waals surface area contributed by atoms with Gasteiger partial charge in [-0.2, -0.15) is 13.2 Å². The van der Waals surface area contributed by atoms with E-state index >= 15 is 0 Å². The second kappa shape index (κ2) is 6.27. The van der Waals surface area contributed by atoms with Crippen molar-refractivity contribution in [1.82, 2.24) is 5.32 Å². The Balaban J connectivity index is 2.05. The molecule has 7 heteroatoms. The molecule has 0 radical (unpaired) electrons. The van der Waals surface area contributed by atoms with Crippen molar-refractivity contribution in [2.45, 2.75) is 41.7 Å². The quantitative estimate of drug-likeness (QED) is 0.837. The highest BCUT2D eigenvalue weighted by molar-refractivity contribution is 8.00. The number of hydrogen-bond donors (Lipinski definition) is 2. The van der Waals surface area contributed by atoms with Crippen molar-refractivity contribution in [2.75, 3.05) is 6.54 Å². The summed E-state index contributed by atoms with van der Waals surface area (Å²) in [6, 6.07) is 5.58. The van der Waals surface area contributed by atoms with Gasteiger partial charge in [-0.3, -0.25) is 4.79 Å². The molecule has 1 aliphatic rings. The molecule has 1 aliphatic carbocycles. The highest BCUT2D eigenvalue weighted by atomic mass is 32.2. The SMILES string of the molecule is O=C(NCC1(O)CCCC1)c1ccccc1SC(F)(F)F. The first-order valence-electron chi connectivity index (χ1n) is 6.64. The molecule has 0 heterocycles. The molecule has 0 aromatic heterocycles. The van der Waals surface area contributed by atoms with Crippen molar-refractivity contribution in [3.05, 3.63) is 29.8 Å². The highest BCUT2D eigenvalue weighted by Gasteiger charge is 2.33. The number of hydrogen-bond acceptors (Lipinski definition) is 3. The van der Waals surface area contributed by atoms with E-state index in [1.165, 1.54) is 24.3 Å². The molecule has 0 bridgehead atoms. The fourth-order valence-corrected chi connectivity index (χ4v) is 3.08. The largest absolute Gasteiger partial charge is 0.446 e. The Morgan fingerprint density at radius 1 is 1.29 bits per heavy atom. The first-order chi connectivity index (χ1) is 9.79. The molecule has 1 saturated carbocycles. The summed E-state index contributed by atoms with van der Waals surface area (Å²) in [5.41, 5.74) is -5.40. The number of rotatable bonds is 4. The van der Waals surface area contributed by atoms with Gasteiger partial charge in [0.1, 0.15) is 0 Å². The third-order valence-electron chi connectivity index (χ3n) is 3.47. The van der Waals surface area contributed by atoms with Gasteiger partial charge < -0.3 is 10.4 Å². The zero-order chi connectivity index (χ0) is 15.5. The Bertz CT molecular complexity index is 513. The molecule has 1 fully saturated rings. The third kappa shape index (κ3) is 4.64. The number of nitrogens with one attached hydrogen (secondary N) is 1. The second-order valence-electron chi connectivity index (χ2n) is 5.16. The summed E-state index contributed by atoms with van der Waals surface area (Å²) in [5.74, 6) is -0.595. The molecule has 1 aromatic carbocycles. The molecular weight excluding hydrogens is 303 g/mol. The lowest BCUT2D eigenvalue weighted by molar-refractivity contribution is -0.0328. The van der Waals surface area contributed by atoms with Crippen LogP contribution in [0.2, 0.25) is 0 Å². The maximum Gasteiger partial charge on any atom is 0.446 e. The van der Waals surface area contributed by atoms with Crippen LogP contribution in [0.4, 0.5) is 13.2 Å². The van der Waals surface area contributed by atoms with Crippen molar-refractivity contribution >= 4 is 17.7 Å². The number of halogens is 3. The summed E-state index contributed by atoms with van der Waals surface area (Å²) in [6.07, 6.45) is 3.00. The maximum absolute atomic E-state index is 12.5. The van der Waals surface area contributed by atoms with Crippen molar-refractivity contribution < 1.29 is 23.1 Å². The van der Waals surface area contributed by atoms with Crippen LogP contribution in [0.5, 0.6) is 0 Å². The number of thioether (sulfide) groups is 1. The van der Waals surface area contributed by atoms with E-state index in [2.05, 4.69) is 5.32 Å². The molecule has 1 aromatic rings. The van der Waals surface area contributed by atoms with Crippen LogP contribution in [0.15, 0.2) is 29.2 Å². The molecule has 3 nitrogen and oxygen atoms in total. The smallest absolute Gasteiger partial charge is 0.388 e. The van der Waals surface area contributed by atoms with Crippen molar-refractivity contribution in [3.63, 3.8) is 0 Å². The lowest BCUT2D eigenvalue weighted by Crippen LogP contribution is -2.40. The van der Waals surface area contributed by atoms with Crippen molar-refractivity contribution in [2.24, 2.45) is 0 Å². The molecule has 116 valence electrons. The summed E-state index contributed by atoms with van der Waals surface area (Å²) in [7, 11) is 0. The van der Waals surface area contributed by atoms with Gasteiger partial charge in [0.15, 0.2) is 0 Å². The highest BCUT2D eigenvalue weighted by Crippen LogP contribution is 2.38. The Hall–Kier alpha value is -1.21. The van der Waals surface area contributed by atoms with Crippen molar-refractivity contribution in [1.29, 1.82) is 0 Å². The normalized spacial score (nSPS) is 17.7. The van der Waals surface area contributed by atoms with Crippen LogP contribution in [-0.4, -0.2) is 28.7 Å². The van der Waals surface area contributed by atoms with Gasteiger partial charge in [-0.25, -0.2) is 0 Å². The van der Waals surface area contributed by atoms with Crippen LogP contribution in [0, 0.1) is 0 Å². The molecular formula is C14H16F3NO2S. The second-order valence-corrected chi connectivity index (χ2v) is 6.26. The van der Waals surface area contributed by atoms with Crippen LogP contribution in [-0.2, 0) is 0 Å². The molecule has 0 atom stereocenters. The van der Waals surface area contributed by atoms with Crippen LogP contribution in [0.25, 0.3) is 0 Å². The van der Waals surface area contributed by atoms with Gasteiger partial charge in [0.25, 0.3) is 5.91 Å². The van der Waals surface area contributed by atoms with Crippen molar-refractivity contribution in [3.8, 4) is 0 Å². The number of alkyl halides is 3. The molecule has 0 spiro atoms. The molecule has 1 amide bonds. The van der Waals surface area contributed by atoms with Gasteiger partial charge in [0.05, 0.1) is 11.2 Å². The third-order valence-corrected chi connectivity index (χ3v) is 4.28. The Morgan fingerprint density at radius 3 is 2.52 bits per heavy atom. The summed E-state index contributed by atoms with van der Waals surface area (Å²) in [5, 5.41) is 12.7. The fourth-order valence-electron chi connectivity index (χ4n) is 2.42. The van der Waals surface area contributed by atoms with Crippen LogP contribution in [0.3, 0.4) is 0 Å². The van der Waals surface area contributed by atoms with Gasteiger partial charge in [0.2, 0.25) is 0 Å². The molecule has 2 N–H and O–H groups in total. The molecule has 0 aliphatic heterocycles. The number of benzene rings is 1. The van der Waals surface area contributed by atoms with E-state index in [4.69, 9.17) is 0 Å². The molecule has 21 heavy (non-hydrogen) atoms. The van der Waals surface area contributed by atoms with Crippen LogP contribution < -0.4 is 5.32 Å². The zero-order valence-electron chi connectivity index (χ0n) is 11.2. The minimum atomic E-state index is -4.44. The minimum absolute atomic E-state index is 0.0265. The fraction of sp³-hybridized carbons (Fsp3) is 0.500. The van der Waals surface area contributed by atoms with Crippen LogP contribution in [0.1, 0.15) is 36.0 Å². The van der Waals surface area contributed by atoms with Gasteiger partial charge in [-0.15, -0.1) is 0 Å². The Labute approximate surface area is 124 Å². The van der Waals surface area contributed by atoms with Gasteiger partial charge in [-0.1, -0.05) is 25.0 Å². The molecule has 0 unspecified atom stereocenters. The number of carbonyl (C=O) groups is 1. The lowest BCUT2D eigenvalue weighted by Gasteiger charge is -2.22. The Morgan fingerprint density at radius 2 is 1.90 bits per heavy atom. The number of amides is 1. The minimum Gasteiger partial charge on any atom is -0.388 e. The first kappa shape index (κ1) is 16.2. The standard InChI is InChI=1S/C14H16F3NO2S/c15-14(16,17)21-11-6-2-1-5-10(11)12(19)18-9-13(20)7-3-4-8-13/h1-2,5-6,20H,3-4,7-9H2,(H,18,19). The summed E-state index contributed by atoms with van der Waals surface area (Å²) in [4.78, 5) is 11.9. The predicted octanol–water partition coefficient (Wildman–Crippen LogP) is 3.33. The van der Waals surface area contributed by atoms with Crippen LogP contribution >= 0.6 is 11.8 Å². The number of carbonyl (C=O) groups excluding carboxylic acids is 1. The molecule has 0 saturated heterocycles. The van der Waals surface area contributed by atoms with E-state index in [-0.39, 0.29) is 28.8 Å². The zero-order valence-corrected chi connectivity index (χ0v) is 12.1. The van der Waals surface area contributed by atoms with Gasteiger partial charge >= 0.3 is 5.51 Å². The van der Waals surface area contributed by atoms with E-state index in [0.29, 0.717) is 12.8 Å². The topological polar surface area (TPSA) is 49.3 Å². The summed E-state index contributed by atoms with van der Waals surface area (Å²) >= 11 is -0.310. The van der Waals surface area contributed by atoms with E-state index in [9.17, 15) is 23.1 Å². The average Bonchev–Trinajstić information content (AvgIpc) is 2.82. The Kier molecular flexibility index (Phi) is 4.83. The van der Waals surface area contributed by atoms with E-state index in [1.54, 1.807) is 0 Å². The number of aliphatic hydroxyl groups is 1.